The molecule has 6 nitrogen and oxygen atoms in total. The summed E-state index contributed by atoms with van der Waals surface area (Å²) < 4.78 is 2.23. The zero-order valence-electron chi connectivity index (χ0n) is 18.1. The Labute approximate surface area is 191 Å². The molecule has 0 unspecified atom stereocenters. The Morgan fingerprint density at radius 1 is 1.28 bits per heavy atom. The average Bonchev–Trinajstić information content (AvgIpc) is 3.19. The number of aromatic nitrogens is 1. The molecule has 3 aromatic rings. The first-order chi connectivity index (χ1) is 15.3. The molecule has 0 fully saturated rings. The number of aromatic hydroxyl groups is 1. The number of rotatable bonds is 3. The SMILES string of the molecule is CC(=O)N1CC2=C(C1=O)[C@@H](c1ccc(O)c(Cl)c1)c1cn(CC(C)C)c3cccc(c13)N2. The Kier molecular flexibility index (Phi) is 4.78. The van der Waals surface area contributed by atoms with Crippen LogP contribution in [-0.2, 0) is 16.1 Å². The third kappa shape index (κ3) is 3.09. The van der Waals surface area contributed by atoms with Crippen molar-refractivity contribution in [3.05, 3.63) is 70.0 Å². The molecule has 2 N–H and O–H groups in total. The highest BCUT2D eigenvalue weighted by Gasteiger charge is 2.41. The summed E-state index contributed by atoms with van der Waals surface area (Å²) in [5.74, 6) is -0.583. The van der Waals surface area contributed by atoms with E-state index in [4.69, 9.17) is 11.6 Å². The predicted octanol–water partition coefficient (Wildman–Crippen LogP) is 4.86. The molecule has 3 heterocycles. The van der Waals surface area contributed by atoms with Crippen molar-refractivity contribution in [2.75, 3.05) is 11.9 Å². The lowest BCUT2D eigenvalue weighted by Gasteiger charge is -2.20. The Bertz CT molecular complexity index is 1320. The second-order valence-electron chi connectivity index (χ2n) is 8.90. The van der Waals surface area contributed by atoms with Gasteiger partial charge in [-0.25, -0.2) is 0 Å². The van der Waals surface area contributed by atoms with Crippen molar-refractivity contribution in [3.8, 4) is 5.75 Å². The van der Waals surface area contributed by atoms with E-state index in [9.17, 15) is 14.7 Å². The zero-order chi connectivity index (χ0) is 22.7. The Balaban J connectivity index is 1.80. The number of nitrogens with one attached hydrogen (secondary N) is 1. The molecular weight excluding hydrogens is 426 g/mol. The van der Waals surface area contributed by atoms with Crippen LogP contribution in [0.3, 0.4) is 0 Å². The summed E-state index contributed by atoms with van der Waals surface area (Å²) >= 11 is 6.27. The van der Waals surface area contributed by atoms with Gasteiger partial charge in [-0.3, -0.25) is 14.5 Å². The minimum atomic E-state index is -0.424. The van der Waals surface area contributed by atoms with E-state index in [2.05, 4.69) is 36.0 Å². The number of amides is 2. The Morgan fingerprint density at radius 3 is 2.75 bits per heavy atom. The number of carbonyl (C=O) groups is 2. The summed E-state index contributed by atoms with van der Waals surface area (Å²) in [6.07, 6.45) is 2.11. The van der Waals surface area contributed by atoms with E-state index in [0.29, 0.717) is 11.5 Å². The molecule has 2 amide bonds. The maximum absolute atomic E-state index is 13.4. The summed E-state index contributed by atoms with van der Waals surface area (Å²) in [7, 11) is 0. The molecule has 32 heavy (non-hydrogen) atoms. The van der Waals surface area contributed by atoms with Gasteiger partial charge in [-0.2, -0.15) is 0 Å². The molecule has 1 atom stereocenters. The van der Waals surface area contributed by atoms with Crippen molar-refractivity contribution in [1.82, 2.24) is 9.47 Å². The Hall–Kier alpha value is -3.25. The number of imide groups is 1. The normalized spacial score (nSPS) is 17.7. The van der Waals surface area contributed by atoms with E-state index in [1.807, 2.05) is 12.1 Å². The Morgan fingerprint density at radius 2 is 2.06 bits per heavy atom. The van der Waals surface area contributed by atoms with Gasteiger partial charge in [0, 0.05) is 42.4 Å². The molecular formula is C25H24ClN3O3. The zero-order valence-corrected chi connectivity index (χ0v) is 18.9. The third-order valence-corrected chi connectivity index (χ3v) is 6.49. The predicted molar refractivity (Wildman–Crippen MR) is 125 cm³/mol. The van der Waals surface area contributed by atoms with Crippen LogP contribution in [0.1, 0.15) is 37.8 Å². The number of nitrogens with zero attached hydrogens (tertiary/aromatic N) is 2. The van der Waals surface area contributed by atoms with Crippen molar-refractivity contribution in [1.29, 1.82) is 0 Å². The molecule has 0 radical (unpaired) electrons. The number of phenolic OH excluding ortho intramolecular Hbond substituents is 1. The smallest absolute Gasteiger partial charge is 0.259 e. The molecule has 5 rings (SSSR count). The lowest BCUT2D eigenvalue weighted by molar-refractivity contribution is -0.139. The number of anilines is 1. The van der Waals surface area contributed by atoms with Crippen LogP contribution in [-0.4, -0.2) is 32.9 Å². The maximum atomic E-state index is 13.4. The van der Waals surface area contributed by atoms with Crippen molar-refractivity contribution >= 4 is 40.0 Å². The summed E-state index contributed by atoms with van der Waals surface area (Å²) in [4.78, 5) is 26.9. The molecule has 7 heteroatoms. The summed E-state index contributed by atoms with van der Waals surface area (Å²) in [6, 6.07) is 11.1. The van der Waals surface area contributed by atoms with Crippen LogP contribution in [0.15, 0.2) is 53.9 Å². The number of carbonyl (C=O) groups excluding carboxylic acids is 2. The van der Waals surface area contributed by atoms with Gasteiger partial charge in [0.05, 0.1) is 22.7 Å². The fourth-order valence-corrected chi connectivity index (χ4v) is 5.06. The van der Waals surface area contributed by atoms with Gasteiger partial charge in [-0.1, -0.05) is 37.6 Å². The minimum Gasteiger partial charge on any atom is -0.506 e. The van der Waals surface area contributed by atoms with Gasteiger partial charge in [0.25, 0.3) is 5.91 Å². The summed E-state index contributed by atoms with van der Waals surface area (Å²) in [5.41, 5.74) is 5.04. The molecule has 2 aliphatic heterocycles. The molecule has 164 valence electrons. The lowest BCUT2D eigenvalue weighted by atomic mass is 9.84. The van der Waals surface area contributed by atoms with Crippen LogP contribution in [0, 0.1) is 5.92 Å². The van der Waals surface area contributed by atoms with E-state index in [-0.39, 0.29) is 29.1 Å². The molecule has 0 bridgehead atoms. The quantitative estimate of drug-likeness (QED) is 0.599. The molecule has 0 spiro atoms. The number of phenols is 1. The molecule has 0 saturated carbocycles. The highest BCUT2D eigenvalue weighted by molar-refractivity contribution is 6.32. The monoisotopic (exact) mass is 449 g/mol. The molecule has 0 aliphatic carbocycles. The first-order valence-electron chi connectivity index (χ1n) is 10.7. The van der Waals surface area contributed by atoms with Crippen molar-refractivity contribution in [2.24, 2.45) is 5.92 Å². The fourth-order valence-electron chi connectivity index (χ4n) is 4.87. The second kappa shape index (κ2) is 7.41. The third-order valence-electron chi connectivity index (χ3n) is 6.18. The first kappa shape index (κ1) is 20.6. The van der Waals surface area contributed by atoms with Crippen molar-refractivity contribution in [2.45, 2.75) is 33.2 Å². The standard InChI is InChI=1S/C25H24ClN3O3/c1-13(2)10-28-11-16-22(15-7-8-21(31)17(26)9-15)24-19(12-29(14(3)30)25(24)32)27-18-5-4-6-20(28)23(16)18/h4-9,11,13,22,27,31H,10,12H2,1-3H3/t22-/m0/s1. The molecule has 1 aromatic heterocycles. The second-order valence-corrected chi connectivity index (χ2v) is 9.31. The topological polar surface area (TPSA) is 74.6 Å². The van der Waals surface area contributed by atoms with Gasteiger partial charge in [0.1, 0.15) is 5.75 Å². The van der Waals surface area contributed by atoms with Crippen molar-refractivity contribution < 1.29 is 14.7 Å². The van der Waals surface area contributed by atoms with Crippen LogP contribution < -0.4 is 5.32 Å². The molecule has 2 aliphatic rings. The van der Waals surface area contributed by atoms with Crippen molar-refractivity contribution in [3.63, 3.8) is 0 Å². The number of halogens is 1. The van der Waals surface area contributed by atoms with E-state index >= 15 is 0 Å². The largest absolute Gasteiger partial charge is 0.506 e. The van der Waals surface area contributed by atoms with Gasteiger partial charge in [-0.15, -0.1) is 0 Å². The van der Waals surface area contributed by atoms with Gasteiger partial charge < -0.3 is 15.0 Å². The van der Waals surface area contributed by atoms with Gasteiger partial charge in [0.2, 0.25) is 5.91 Å². The number of hydrogen-bond acceptors (Lipinski definition) is 4. The van der Waals surface area contributed by atoms with Gasteiger partial charge in [-0.05, 0) is 41.3 Å². The first-order valence-corrected chi connectivity index (χ1v) is 11.1. The van der Waals surface area contributed by atoms with Crippen LogP contribution in [0.25, 0.3) is 10.9 Å². The van der Waals surface area contributed by atoms with Gasteiger partial charge in [0.15, 0.2) is 0 Å². The fraction of sp³-hybridized carbons (Fsp3) is 0.280. The molecule has 0 saturated heterocycles. The average molecular weight is 450 g/mol. The van der Waals surface area contributed by atoms with Crippen LogP contribution in [0.2, 0.25) is 5.02 Å². The van der Waals surface area contributed by atoms with E-state index in [0.717, 1.165) is 40.0 Å². The van der Waals surface area contributed by atoms with Crippen LogP contribution in [0.4, 0.5) is 5.69 Å². The maximum Gasteiger partial charge on any atom is 0.259 e. The minimum absolute atomic E-state index is 0.0117. The highest BCUT2D eigenvalue weighted by Crippen LogP contribution is 2.47. The van der Waals surface area contributed by atoms with E-state index < -0.39 is 5.92 Å². The van der Waals surface area contributed by atoms with Crippen LogP contribution in [0.5, 0.6) is 5.75 Å². The van der Waals surface area contributed by atoms with Crippen LogP contribution >= 0.6 is 11.6 Å². The summed E-state index contributed by atoms with van der Waals surface area (Å²) in [5, 5.41) is 14.7. The van der Waals surface area contributed by atoms with E-state index in [1.165, 1.54) is 11.8 Å². The summed E-state index contributed by atoms with van der Waals surface area (Å²) in [6.45, 7) is 6.79. The van der Waals surface area contributed by atoms with Gasteiger partial charge >= 0.3 is 0 Å². The number of hydrogen-bond donors (Lipinski definition) is 2. The lowest BCUT2D eigenvalue weighted by Crippen LogP contribution is -2.33. The number of benzene rings is 2. The molecule has 2 aromatic carbocycles. The highest BCUT2D eigenvalue weighted by atomic mass is 35.5. The van der Waals surface area contributed by atoms with E-state index in [1.54, 1.807) is 18.2 Å².